The molecule has 0 spiro atoms. The number of carbonyl (C=O) groups is 2. The normalized spacial score (nSPS) is 23.5. The van der Waals surface area contributed by atoms with Gasteiger partial charge < -0.3 is 20.1 Å². The maximum absolute atomic E-state index is 12.3. The van der Waals surface area contributed by atoms with E-state index in [-0.39, 0.29) is 11.8 Å². The first-order valence-corrected chi connectivity index (χ1v) is 10.1. The van der Waals surface area contributed by atoms with Crippen molar-refractivity contribution >= 4 is 17.6 Å². The van der Waals surface area contributed by atoms with Crippen LogP contribution in [0, 0.1) is 11.3 Å². The second-order valence-electron chi connectivity index (χ2n) is 8.02. The summed E-state index contributed by atoms with van der Waals surface area (Å²) in [6.45, 7) is 1.93. The minimum atomic E-state index is -0.676. The molecule has 2 fully saturated rings. The number of nitrogens with zero attached hydrogens (tertiary/aromatic N) is 1. The largest absolute Gasteiger partial charge is 0.481 e. The number of likely N-dealkylation sites (tertiary alicyclic amines) is 1. The predicted molar refractivity (Wildman–Crippen MR) is 110 cm³/mol. The number of aliphatic carboxylic acids is 1. The van der Waals surface area contributed by atoms with E-state index in [9.17, 15) is 14.7 Å². The van der Waals surface area contributed by atoms with Gasteiger partial charge in [0, 0.05) is 31.7 Å². The molecule has 0 bridgehead atoms. The number of amides is 1. The Bertz CT molecular complexity index is 868. The fourth-order valence-corrected chi connectivity index (χ4v) is 4.63. The summed E-state index contributed by atoms with van der Waals surface area (Å²) in [6.07, 6.45) is 3.08. The predicted octanol–water partition coefficient (Wildman–Crippen LogP) is 3.99. The third-order valence-corrected chi connectivity index (χ3v) is 6.14. The molecule has 1 amide bonds. The smallest absolute Gasteiger partial charge is 0.311 e. The molecule has 2 aliphatic rings. The average Bonchev–Trinajstić information content (AvgIpc) is 3.27. The maximum Gasteiger partial charge on any atom is 0.311 e. The number of rotatable bonds is 7. The summed E-state index contributed by atoms with van der Waals surface area (Å²) in [4.78, 5) is 26.2. The van der Waals surface area contributed by atoms with Crippen LogP contribution in [0.2, 0.25) is 0 Å². The van der Waals surface area contributed by atoms with Gasteiger partial charge in [0.05, 0.1) is 5.41 Å². The lowest BCUT2D eigenvalue weighted by Gasteiger charge is -2.23. The summed E-state index contributed by atoms with van der Waals surface area (Å²) in [7, 11) is 0. The van der Waals surface area contributed by atoms with Gasteiger partial charge in [-0.1, -0.05) is 24.6 Å². The van der Waals surface area contributed by atoms with Crippen LogP contribution in [0.3, 0.4) is 0 Å². The fourth-order valence-electron chi connectivity index (χ4n) is 4.63. The van der Waals surface area contributed by atoms with Gasteiger partial charge in [0.1, 0.15) is 11.5 Å². The van der Waals surface area contributed by atoms with Gasteiger partial charge in [0.15, 0.2) is 0 Å². The lowest BCUT2D eigenvalue weighted by molar-refractivity contribution is -0.149. The van der Waals surface area contributed by atoms with E-state index in [1.807, 2.05) is 54.6 Å². The minimum absolute atomic E-state index is 0.0665. The number of fused-ring (bicyclic) bond motifs is 1. The molecular weight excluding hydrogens is 368 g/mol. The monoisotopic (exact) mass is 394 g/mol. The van der Waals surface area contributed by atoms with Gasteiger partial charge in [0.2, 0.25) is 5.91 Å². The molecule has 2 N–H and O–H groups in total. The van der Waals surface area contributed by atoms with Crippen molar-refractivity contribution in [2.75, 3.05) is 25.0 Å². The molecule has 0 aromatic heterocycles. The van der Waals surface area contributed by atoms with Crippen LogP contribution in [0.25, 0.3) is 0 Å². The SMILES string of the molecule is O=C(CCN1C[C@@H]2CCC[C@@]2(C(=O)O)C1)Nc1ccc(Oc2ccccc2)cc1. The van der Waals surface area contributed by atoms with Gasteiger partial charge in [-0.2, -0.15) is 0 Å². The number of anilines is 1. The summed E-state index contributed by atoms with van der Waals surface area (Å²) >= 11 is 0. The molecule has 6 nitrogen and oxygen atoms in total. The van der Waals surface area contributed by atoms with E-state index in [0.717, 1.165) is 37.2 Å². The quantitative estimate of drug-likeness (QED) is 0.742. The molecule has 1 saturated heterocycles. The molecule has 1 heterocycles. The lowest BCUT2D eigenvalue weighted by atomic mass is 9.81. The van der Waals surface area contributed by atoms with Crippen molar-refractivity contribution in [3.05, 3.63) is 54.6 Å². The minimum Gasteiger partial charge on any atom is -0.481 e. The van der Waals surface area contributed by atoms with Crippen LogP contribution in [-0.2, 0) is 9.59 Å². The first-order valence-electron chi connectivity index (χ1n) is 10.1. The van der Waals surface area contributed by atoms with Gasteiger partial charge in [0.25, 0.3) is 0 Å². The number of nitrogens with one attached hydrogen (secondary N) is 1. The Hall–Kier alpha value is -2.86. The molecule has 152 valence electrons. The number of carboxylic acids is 1. The Balaban J connectivity index is 1.25. The van der Waals surface area contributed by atoms with E-state index >= 15 is 0 Å². The standard InChI is InChI=1S/C23H26N2O4/c26-21(12-14-25-15-17-5-4-13-23(17,16-25)22(27)28)24-18-8-10-20(11-9-18)29-19-6-2-1-3-7-19/h1-3,6-11,17H,4-5,12-16H2,(H,24,26)(H,27,28)/t17-,23+/m0/s1. The van der Waals surface area contributed by atoms with Crippen LogP contribution in [0.4, 0.5) is 5.69 Å². The molecule has 0 radical (unpaired) electrons. The number of benzene rings is 2. The fraction of sp³-hybridized carbons (Fsp3) is 0.391. The van der Waals surface area contributed by atoms with Gasteiger partial charge in [-0.15, -0.1) is 0 Å². The Morgan fingerprint density at radius 3 is 2.52 bits per heavy atom. The highest BCUT2D eigenvalue weighted by Crippen LogP contribution is 2.48. The highest BCUT2D eigenvalue weighted by Gasteiger charge is 2.54. The van der Waals surface area contributed by atoms with Gasteiger partial charge in [-0.05, 0) is 55.2 Å². The van der Waals surface area contributed by atoms with E-state index in [2.05, 4.69) is 10.2 Å². The average molecular weight is 394 g/mol. The van der Waals surface area contributed by atoms with Crippen molar-refractivity contribution in [1.82, 2.24) is 4.90 Å². The molecular formula is C23H26N2O4. The van der Waals surface area contributed by atoms with Crippen LogP contribution in [-0.4, -0.2) is 41.5 Å². The molecule has 6 heteroatoms. The molecule has 1 aliphatic carbocycles. The van der Waals surface area contributed by atoms with Crippen LogP contribution in [0.15, 0.2) is 54.6 Å². The maximum atomic E-state index is 12.3. The lowest BCUT2D eigenvalue weighted by Crippen LogP contribution is -2.36. The highest BCUT2D eigenvalue weighted by atomic mass is 16.5. The van der Waals surface area contributed by atoms with Crippen molar-refractivity contribution in [3.63, 3.8) is 0 Å². The van der Waals surface area contributed by atoms with Crippen LogP contribution in [0.5, 0.6) is 11.5 Å². The number of carbonyl (C=O) groups excluding carboxylic acids is 1. The van der Waals surface area contributed by atoms with Crippen molar-refractivity contribution < 1.29 is 19.4 Å². The van der Waals surface area contributed by atoms with Crippen LogP contribution >= 0.6 is 0 Å². The van der Waals surface area contributed by atoms with Crippen molar-refractivity contribution in [3.8, 4) is 11.5 Å². The number of para-hydroxylation sites is 1. The Labute approximate surface area is 170 Å². The molecule has 4 rings (SSSR count). The summed E-state index contributed by atoms with van der Waals surface area (Å²) in [6, 6.07) is 16.8. The van der Waals surface area contributed by atoms with E-state index in [0.29, 0.717) is 25.3 Å². The van der Waals surface area contributed by atoms with E-state index < -0.39 is 11.4 Å². The van der Waals surface area contributed by atoms with Gasteiger partial charge in [-0.25, -0.2) is 0 Å². The van der Waals surface area contributed by atoms with Gasteiger partial charge >= 0.3 is 5.97 Å². The van der Waals surface area contributed by atoms with Gasteiger partial charge in [-0.3, -0.25) is 9.59 Å². The first-order chi connectivity index (χ1) is 14.0. The molecule has 2 aromatic carbocycles. The Morgan fingerprint density at radius 1 is 1.10 bits per heavy atom. The zero-order chi connectivity index (χ0) is 20.3. The van der Waals surface area contributed by atoms with E-state index in [4.69, 9.17) is 4.74 Å². The zero-order valence-electron chi connectivity index (χ0n) is 16.3. The topological polar surface area (TPSA) is 78.9 Å². The molecule has 2 aromatic rings. The number of hydrogen-bond donors (Lipinski definition) is 2. The Kier molecular flexibility index (Phi) is 5.53. The zero-order valence-corrected chi connectivity index (χ0v) is 16.3. The number of hydrogen-bond acceptors (Lipinski definition) is 4. The Morgan fingerprint density at radius 2 is 1.83 bits per heavy atom. The third kappa shape index (κ3) is 4.27. The van der Waals surface area contributed by atoms with E-state index in [1.165, 1.54) is 0 Å². The number of ether oxygens (including phenoxy) is 1. The van der Waals surface area contributed by atoms with E-state index in [1.54, 1.807) is 0 Å². The third-order valence-electron chi connectivity index (χ3n) is 6.14. The summed E-state index contributed by atoms with van der Waals surface area (Å²) in [5.74, 6) is 0.948. The highest BCUT2D eigenvalue weighted by molar-refractivity contribution is 5.90. The number of carboxylic acid groups (broad SMARTS) is 1. The molecule has 1 aliphatic heterocycles. The van der Waals surface area contributed by atoms with Crippen molar-refractivity contribution in [2.24, 2.45) is 11.3 Å². The summed E-state index contributed by atoms with van der Waals surface area (Å²) in [5.41, 5.74) is 0.126. The van der Waals surface area contributed by atoms with Crippen molar-refractivity contribution in [2.45, 2.75) is 25.7 Å². The first kappa shape index (κ1) is 19.5. The second-order valence-corrected chi connectivity index (χ2v) is 8.02. The van der Waals surface area contributed by atoms with Crippen LogP contribution in [0.1, 0.15) is 25.7 Å². The van der Waals surface area contributed by atoms with Crippen LogP contribution < -0.4 is 10.1 Å². The van der Waals surface area contributed by atoms with Crippen molar-refractivity contribution in [1.29, 1.82) is 0 Å². The summed E-state index contributed by atoms with van der Waals surface area (Å²) < 4.78 is 5.75. The molecule has 2 atom stereocenters. The molecule has 1 saturated carbocycles. The summed E-state index contributed by atoms with van der Waals surface area (Å²) in [5, 5.41) is 12.6. The molecule has 0 unspecified atom stereocenters. The molecule has 29 heavy (non-hydrogen) atoms. The second kappa shape index (κ2) is 8.25.